The molecule has 0 saturated heterocycles. The molecule has 1 aromatic heterocycles. The van der Waals surface area contributed by atoms with E-state index in [1.165, 1.54) is 12.1 Å². The SMILES string of the molecule is Cc1cccc(C)c1-c1cc2nc(n1)NS(=O)(=O)c1cccc(c1)C(=O)N(C1CC3(CC(N)C3)C1)[C@H](CC(C)C)CO2.Cl. The molecule has 9 nitrogen and oxygen atoms in total. The summed E-state index contributed by atoms with van der Waals surface area (Å²) in [6.45, 7) is 8.48. The van der Waals surface area contributed by atoms with E-state index in [0.29, 0.717) is 17.2 Å². The van der Waals surface area contributed by atoms with E-state index in [2.05, 4.69) is 28.5 Å². The van der Waals surface area contributed by atoms with Crippen molar-refractivity contribution in [3.8, 4) is 17.1 Å². The fraction of sp³-hybridized carbons (Fsp3) is 0.469. The molecule has 1 amide bonds. The van der Waals surface area contributed by atoms with E-state index in [9.17, 15) is 13.2 Å². The molecule has 4 bridgehead atoms. The van der Waals surface area contributed by atoms with Gasteiger partial charge in [-0.05, 0) is 86.6 Å². The van der Waals surface area contributed by atoms with Gasteiger partial charge in [0.05, 0.1) is 16.6 Å². The van der Waals surface area contributed by atoms with Crippen LogP contribution in [0.25, 0.3) is 11.3 Å². The maximum Gasteiger partial charge on any atom is 0.264 e. The molecule has 0 radical (unpaired) electrons. The van der Waals surface area contributed by atoms with Crippen molar-refractivity contribution >= 4 is 34.3 Å². The number of halogens is 1. The molecule has 3 aromatic rings. The number of aryl methyl sites for hydroxylation is 2. The number of rotatable bonds is 4. The van der Waals surface area contributed by atoms with Gasteiger partial charge in [0.25, 0.3) is 15.9 Å². The Morgan fingerprint density at radius 1 is 1.05 bits per heavy atom. The molecular formula is C32H40ClN5O4S. The van der Waals surface area contributed by atoms with Crippen molar-refractivity contribution in [1.29, 1.82) is 0 Å². The zero-order valence-corrected chi connectivity index (χ0v) is 26.7. The van der Waals surface area contributed by atoms with Crippen LogP contribution in [0.15, 0.2) is 53.4 Å². The molecule has 2 aromatic carbocycles. The van der Waals surface area contributed by atoms with E-state index >= 15 is 0 Å². The third-order valence-electron chi connectivity index (χ3n) is 8.97. The highest BCUT2D eigenvalue weighted by Gasteiger charge is 2.55. The first kappa shape index (κ1) is 31.2. The largest absolute Gasteiger partial charge is 0.475 e. The average Bonchev–Trinajstić information content (AvgIpc) is 2.88. The number of nitrogens with zero attached hydrogens (tertiary/aromatic N) is 3. The first-order chi connectivity index (χ1) is 19.9. The maximum absolute atomic E-state index is 14.2. The molecule has 6 rings (SSSR count). The number of nitrogens with one attached hydrogen (secondary N) is 1. The van der Waals surface area contributed by atoms with Crippen LogP contribution in [0.3, 0.4) is 0 Å². The summed E-state index contributed by atoms with van der Waals surface area (Å²) in [5.41, 5.74) is 10.1. The lowest BCUT2D eigenvalue weighted by atomic mass is 9.52. The fourth-order valence-corrected chi connectivity index (χ4v) is 8.14. The molecule has 1 spiro atoms. The van der Waals surface area contributed by atoms with Gasteiger partial charge in [-0.1, -0.05) is 38.1 Å². The number of amides is 1. The quantitative estimate of drug-likeness (QED) is 0.392. The summed E-state index contributed by atoms with van der Waals surface area (Å²) in [6, 6.07) is 14.0. The lowest BCUT2D eigenvalue weighted by molar-refractivity contribution is -0.0719. The van der Waals surface area contributed by atoms with Crippen molar-refractivity contribution in [3.63, 3.8) is 0 Å². The Hall–Kier alpha value is -3.21. The highest BCUT2D eigenvalue weighted by atomic mass is 35.5. The summed E-state index contributed by atoms with van der Waals surface area (Å²) in [5.74, 6) is 0.288. The topological polar surface area (TPSA) is 128 Å². The Bertz CT molecular complexity index is 1610. The number of ether oxygens (including phenoxy) is 1. The van der Waals surface area contributed by atoms with Crippen LogP contribution in [0, 0.1) is 25.2 Å². The van der Waals surface area contributed by atoms with Gasteiger partial charge in [-0.3, -0.25) is 4.79 Å². The van der Waals surface area contributed by atoms with Gasteiger partial charge in [0.2, 0.25) is 11.8 Å². The Balaban J connectivity index is 0.00000368. The summed E-state index contributed by atoms with van der Waals surface area (Å²) in [5, 5.41) is 0. The molecule has 43 heavy (non-hydrogen) atoms. The number of carbonyl (C=O) groups is 1. The van der Waals surface area contributed by atoms with Crippen LogP contribution in [0.2, 0.25) is 0 Å². The second-order valence-corrected chi connectivity index (χ2v) is 14.5. The number of sulfonamides is 1. The van der Waals surface area contributed by atoms with Crippen LogP contribution in [-0.2, 0) is 10.0 Å². The van der Waals surface area contributed by atoms with Crippen molar-refractivity contribution in [2.24, 2.45) is 17.1 Å². The Morgan fingerprint density at radius 3 is 2.37 bits per heavy atom. The lowest BCUT2D eigenvalue weighted by Gasteiger charge is -2.60. The summed E-state index contributed by atoms with van der Waals surface area (Å²) in [6.07, 6.45) is 4.50. The number of benzene rings is 2. The molecule has 3 N–H and O–H groups in total. The standard InChI is InChI=1S/C32H39N5O4S.ClH/c1-19(2)11-24-18-41-28-13-27(29-20(3)7-5-8-21(29)4)34-31(35-28)36-42(39,40)26-10-6-9-22(12-26)30(38)37(24)25-16-32(17-25)14-23(33)15-32;/h5-10,12-13,19,23-25H,11,14-18,33H2,1-4H3,(H,34,35,36);1H/t23?,24-,25?,32?;/m1./s1. The Morgan fingerprint density at radius 2 is 1.72 bits per heavy atom. The minimum Gasteiger partial charge on any atom is -0.475 e. The zero-order chi connectivity index (χ0) is 29.8. The highest BCUT2D eigenvalue weighted by Crippen LogP contribution is 2.57. The number of hydrogen-bond donors (Lipinski definition) is 2. The normalized spacial score (nSPS) is 26.0. The summed E-state index contributed by atoms with van der Waals surface area (Å²) < 4.78 is 36.0. The lowest BCUT2D eigenvalue weighted by Crippen LogP contribution is -2.63. The van der Waals surface area contributed by atoms with E-state index in [4.69, 9.17) is 10.5 Å². The van der Waals surface area contributed by atoms with Gasteiger partial charge in [0.15, 0.2) is 0 Å². The van der Waals surface area contributed by atoms with Crippen LogP contribution >= 0.6 is 12.4 Å². The van der Waals surface area contributed by atoms with Crippen LogP contribution in [0.4, 0.5) is 5.95 Å². The van der Waals surface area contributed by atoms with Gasteiger partial charge < -0.3 is 15.4 Å². The van der Waals surface area contributed by atoms with Gasteiger partial charge in [-0.25, -0.2) is 18.1 Å². The second kappa shape index (κ2) is 11.7. The first-order valence-electron chi connectivity index (χ1n) is 14.7. The van der Waals surface area contributed by atoms with Gasteiger partial charge in [0, 0.05) is 29.3 Å². The van der Waals surface area contributed by atoms with E-state index in [1.54, 1.807) is 18.2 Å². The van der Waals surface area contributed by atoms with Crippen molar-refractivity contribution in [3.05, 3.63) is 65.2 Å². The fourth-order valence-electron chi connectivity index (χ4n) is 7.16. The Labute approximate surface area is 260 Å². The van der Waals surface area contributed by atoms with Crippen LogP contribution in [0.5, 0.6) is 5.88 Å². The molecule has 3 aliphatic rings. The summed E-state index contributed by atoms with van der Waals surface area (Å²) in [7, 11) is -4.10. The van der Waals surface area contributed by atoms with Gasteiger partial charge in [-0.2, -0.15) is 4.98 Å². The molecule has 11 heteroatoms. The summed E-state index contributed by atoms with van der Waals surface area (Å²) >= 11 is 0. The smallest absolute Gasteiger partial charge is 0.264 e. The number of carbonyl (C=O) groups excluding carboxylic acids is 1. The van der Waals surface area contributed by atoms with Gasteiger partial charge >= 0.3 is 0 Å². The number of hydrogen-bond acceptors (Lipinski definition) is 7. The average molecular weight is 626 g/mol. The van der Waals surface area contributed by atoms with Crippen LogP contribution in [-0.4, -0.2) is 53.9 Å². The zero-order valence-electron chi connectivity index (χ0n) is 25.0. The molecule has 230 valence electrons. The van der Waals surface area contributed by atoms with Gasteiger partial charge in [0.1, 0.15) is 6.61 Å². The van der Waals surface area contributed by atoms with Gasteiger partial charge in [-0.15, -0.1) is 12.4 Å². The number of anilines is 1. The molecule has 0 unspecified atom stereocenters. The third-order valence-corrected chi connectivity index (χ3v) is 10.3. The first-order valence-corrected chi connectivity index (χ1v) is 16.2. The van der Waals surface area contributed by atoms with E-state index in [0.717, 1.165) is 48.8 Å². The van der Waals surface area contributed by atoms with E-state index in [-0.39, 0.29) is 65.2 Å². The predicted molar refractivity (Wildman–Crippen MR) is 169 cm³/mol. The minimum absolute atomic E-state index is 0. The van der Waals surface area contributed by atoms with Crippen molar-refractivity contribution in [2.75, 3.05) is 11.3 Å². The van der Waals surface area contributed by atoms with Crippen molar-refractivity contribution in [2.45, 2.75) is 82.8 Å². The molecule has 2 saturated carbocycles. The minimum atomic E-state index is -4.10. The predicted octanol–water partition coefficient (Wildman–Crippen LogP) is 5.50. The second-order valence-electron chi connectivity index (χ2n) is 12.9. The molecule has 1 atom stereocenters. The van der Waals surface area contributed by atoms with Crippen LogP contribution < -0.4 is 15.2 Å². The number of nitrogens with two attached hydrogens (primary N) is 1. The number of aromatic nitrogens is 2. The summed E-state index contributed by atoms with van der Waals surface area (Å²) in [4.78, 5) is 25.2. The molecule has 2 heterocycles. The maximum atomic E-state index is 14.2. The van der Waals surface area contributed by atoms with Crippen LogP contribution in [0.1, 0.15) is 67.4 Å². The van der Waals surface area contributed by atoms with E-state index < -0.39 is 10.0 Å². The Kier molecular flexibility index (Phi) is 8.50. The monoisotopic (exact) mass is 625 g/mol. The van der Waals surface area contributed by atoms with Crippen molar-refractivity contribution < 1.29 is 17.9 Å². The molecular weight excluding hydrogens is 586 g/mol. The number of fused-ring (bicyclic) bond motifs is 4. The molecule has 2 fully saturated rings. The van der Waals surface area contributed by atoms with E-state index in [1.807, 2.05) is 36.9 Å². The van der Waals surface area contributed by atoms with Crippen molar-refractivity contribution in [1.82, 2.24) is 14.9 Å². The molecule has 1 aliphatic heterocycles. The third kappa shape index (κ3) is 6.10. The molecule has 2 aliphatic carbocycles. The highest BCUT2D eigenvalue weighted by molar-refractivity contribution is 7.92.